The van der Waals surface area contributed by atoms with E-state index >= 15 is 0 Å². The average Bonchev–Trinajstić information content (AvgIpc) is 3.09. The molecule has 0 aliphatic carbocycles. The van der Waals surface area contributed by atoms with Gasteiger partial charge in [0.2, 0.25) is 0 Å². The summed E-state index contributed by atoms with van der Waals surface area (Å²) in [5.41, 5.74) is 0.968. The molecule has 1 N–H and O–H groups in total. The van der Waals surface area contributed by atoms with Gasteiger partial charge < -0.3 is 4.74 Å². The standard InChI is InChI=1S/C14H13N3OS2/c1-2-18-11-7-5-10(6-8-11)17-13(15-16-14(17)19)12-4-3-9-20-12/h3-9H,2H2,1H3,(H,16,19). The zero-order chi connectivity index (χ0) is 13.9. The molecular weight excluding hydrogens is 290 g/mol. The highest BCUT2D eigenvalue weighted by Gasteiger charge is 2.11. The normalized spacial score (nSPS) is 10.7. The second-order valence-electron chi connectivity index (χ2n) is 4.09. The summed E-state index contributed by atoms with van der Waals surface area (Å²) in [6, 6.07) is 11.9. The molecule has 20 heavy (non-hydrogen) atoms. The SMILES string of the molecule is CCOc1ccc(-n2c(-c3cccs3)n[nH]c2=S)cc1. The van der Waals surface area contributed by atoms with Gasteiger partial charge in [-0.1, -0.05) is 6.07 Å². The van der Waals surface area contributed by atoms with Gasteiger partial charge in [-0.2, -0.15) is 5.10 Å². The van der Waals surface area contributed by atoms with E-state index < -0.39 is 0 Å². The highest BCUT2D eigenvalue weighted by atomic mass is 32.1. The van der Waals surface area contributed by atoms with Crippen LogP contribution in [0.1, 0.15) is 6.92 Å². The van der Waals surface area contributed by atoms with Crippen molar-refractivity contribution in [3.8, 4) is 22.1 Å². The Morgan fingerprint density at radius 3 is 2.75 bits per heavy atom. The highest BCUT2D eigenvalue weighted by molar-refractivity contribution is 7.71. The van der Waals surface area contributed by atoms with Crippen LogP contribution in [-0.4, -0.2) is 21.4 Å². The Kier molecular flexibility index (Phi) is 3.66. The molecule has 0 radical (unpaired) electrons. The lowest BCUT2D eigenvalue weighted by Gasteiger charge is -2.07. The first kappa shape index (κ1) is 13.1. The molecule has 2 aromatic heterocycles. The van der Waals surface area contributed by atoms with E-state index in [0.717, 1.165) is 22.1 Å². The van der Waals surface area contributed by atoms with Crippen LogP contribution in [0, 0.1) is 4.77 Å². The molecule has 1 aromatic carbocycles. The van der Waals surface area contributed by atoms with E-state index in [4.69, 9.17) is 17.0 Å². The summed E-state index contributed by atoms with van der Waals surface area (Å²) in [4.78, 5) is 1.08. The Morgan fingerprint density at radius 1 is 1.30 bits per heavy atom. The maximum atomic E-state index is 5.45. The summed E-state index contributed by atoms with van der Waals surface area (Å²) in [7, 11) is 0. The van der Waals surface area contributed by atoms with Gasteiger partial charge in [0, 0.05) is 0 Å². The molecule has 2 heterocycles. The predicted molar refractivity (Wildman–Crippen MR) is 83.2 cm³/mol. The Morgan fingerprint density at radius 2 is 2.10 bits per heavy atom. The van der Waals surface area contributed by atoms with Crippen LogP contribution in [0.25, 0.3) is 16.4 Å². The second kappa shape index (κ2) is 5.60. The summed E-state index contributed by atoms with van der Waals surface area (Å²) in [6.45, 7) is 2.62. The van der Waals surface area contributed by atoms with Crippen molar-refractivity contribution in [1.82, 2.24) is 14.8 Å². The van der Waals surface area contributed by atoms with Crippen LogP contribution in [0.15, 0.2) is 41.8 Å². The largest absolute Gasteiger partial charge is 0.494 e. The van der Waals surface area contributed by atoms with Crippen molar-refractivity contribution in [1.29, 1.82) is 0 Å². The molecule has 102 valence electrons. The smallest absolute Gasteiger partial charge is 0.200 e. The zero-order valence-corrected chi connectivity index (χ0v) is 12.5. The molecular formula is C14H13N3OS2. The molecule has 0 unspecified atom stereocenters. The van der Waals surface area contributed by atoms with Gasteiger partial charge in [0.15, 0.2) is 10.6 Å². The summed E-state index contributed by atoms with van der Waals surface area (Å²) >= 11 is 6.97. The van der Waals surface area contributed by atoms with Crippen LogP contribution in [0.3, 0.4) is 0 Å². The maximum Gasteiger partial charge on any atom is 0.200 e. The number of thiophene rings is 1. The minimum absolute atomic E-state index is 0.581. The summed E-state index contributed by atoms with van der Waals surface area (Å²) in [6.07, 6.45) is 0. The molecule has 0 bridgehead atoms. The number of nitrogens with one attached hydrogen (secondary N) is 1. The fraction of sp³-hybridized carbons (Fsp3) is 0.143. The summed E-state index contributed by atoms with van der Waals surface area (Å²) in [5, 5.41) is 9.20. The van der Waals surface area contributed by atoms with Crippen molar-refractivity contribution < 1.29 is 4.74 Å². The van der Waals surface area contributed by atoms with E-state index in [0.29, 0.717) is 11.4 Å². The number of hydrogen-bond donors (Lipinski definition) is 1. The van der Waals surface area contributed by atoms with Gasteiger partial charge in [-0.3, -0.25) is 9.67 Å². The zero-order valence-electron chi connectivity index (χ0n) is 10.9. The van der Waals surface area contributed by atoms with Crippen LogP contribution in [0.5, 0.6) is 5.75 Å². The van der Waals surface area contributed by atoms with E-state index in [1.165, 1.54) is 0 Å². The Bertz CT molecular complexity index is 742. The topological polar surface area (TPSA) is 42.8 Å². The van der Waals surface area contributed by atoms with Gasteiger partial charge in [-0.25, -0.2) is 0 Å². The lowest BCUT2D eigenvalue weighted by molar-refractivity contribution is 0.340. The number of rotatable bonds is 4. The van der Waals surface area contributed by atoms with E-state index in [9.17, 15) is 0 Å². The van der Waals surface area contributed by atoms with Gasteiger partial charge in [-0.15, -0.1) is 11.3 Å². The molecule has 3 rings (SSSR count). The number of aromatic amines is 1. The lowest BCUT2D eigenvalue weighted by atomic mass is 10.3. The molecule has 0 amide bonds. The van der Waals surface area contributed by atoms with Crippen LogP contribution >= 0.6 is 23.6 Å². The minimum atomic E-state index is 0.581. The van der Waals surface area contributed by atoms with Crippen LogP contribution in [0.2, 0.25) is 0 Å². The van der Waals surface area contributed by atoms with Crippen molar-refractivity contribution in [2.75, 3.05) is 6.61 Å². The van der Waals surface area contributed by atoms with Gasteiger partial charge in [0.25, 0.3) is 0 Å². The minimum Gasteiger partial charge on any atom is -0.494 e. The molecule has 4 nitrogen and oxygen atoms in total. The first-order valence-corrected chi connectivity index (χ1v) is 7.53. The van der Waals surface area contributed by atoms with Crippen LogP contribution in [-0.2, 0) is 0 Å². The molecule has 6 heteroatoms. The van der Waals surface area contributed by atoms with Crippen molar-refractivity contribution in [3.63, 3.8) is 0 Å². The summed E-state index contributed by atoms with van der Waals surface area (Å²) < 4.78 is 7.96. The first-order chi connectivity index (χ1) is 9.79. The van der Waals surface area contributed by atoms with Gasteiger partial charge >= 0.3 is 0 Å². The lowest BCUT2D eigenvalue weighted by Crippen LogP contribution is -1.97. The molecule has 0 aliphatic rings. The number of ether oxygens (including phenoxy) is 1. The van der Waals surface area contributed by atoms with Gasteiger partial charge in [0.05, 0.1) is 17.2 Å². The van der Waals surface area contributed by atoms with Crippen LogP contribution < -0.4 is 4.74 Å². The average molecular weight is 303 g/mol. The first-order valence-electron chi connectivity index (χ1n) is 6.24. The Hall–Kier alpha value is -1.92. The third kappa shape index (κ3) is 2.39. The molecule has 3 aromatic rings. The van der Waals surface area contributed by atoms with Crippen molar-refractivity contribution in [2.45, 2.75) is 6.92 Å². The number of H-pyrrole nitrogens is 1. The number of nitrogens with zero attached hydrogens (tertiary/aromatic N) is 2. The predicted octanol–water partition coefficient (Wildman–Crippen LogP) is 4.06. The molecule has 0 fully saturated rings. The number of aromatic nitrogens is 3. The van der Waals surface area contributed by atoms with Crippen LogP contribution in [0.4, 0.5) is 0 Å². The van der Waals surface area contributed by atoms with E-state index in [1.807, 2.05) is 53.3 Å². The van der Waals surface area contributed by atoms with Gasteiger partial charge in [-0.05, 0) is 54.9 Å². The third-order valence-corrected chi connectivity index (χ3v) is 3.96. The van der Waals surface area contributed by atoms with Crippen molar-refractivity contribution in [2.24, 2.45) is 0 Å². The fourth-order valence-electron chi connectivity index (χ4n) is 1.97. The Labute approximate surface area is 125 Å². The van der Waals surface area contributed by atoms with E-state index in [1.54, 1.807) is 11.3 Å². The van der Waals surface area contributed by atoms with Crippen molar-refractivity contribution in [3.05, 3.63) is 46.5 Å². The quantitative estimate of drug-likeness (QED) is 0.739. The maximum absolute atomic E-state index is 5.45. The monoisotopic (exact) mass is 303 g/mol. The molecule has 0 aliphatic heterocycles. The van der Waals surface area contributed by atoms with Gasteiger partial charge in [0.1, 0.15) is 5.75 Å². The highest BCUT2D eigenvalue weighted by Crippen LogP contribution is 2.26. The molecule has 0 saturated carbocycles. The molecule has 0 saturated heterocycles. The molecule has 0 atom stereocenters. The Balaban J connectivity index is 2.06. The van der Waals surface area contributed by atoms with Crippen molar-refractivity contribution >= 4 is 23.6 Å². The third-order valence-electron chi connectivity index (χ3n) is 2.82. The van der Waals surface area contributed by atoms with E-state index in [-0.39, 0.29) is 0 Å². The summed E-state index contributed by atoms with van der Waals surface area (Å²) in [5.74, 6) is 1.68. The number of benzene rings is 1. The number of hydrogen-bond acceptors (Lipinski definition) is 4. The fourth-order valence-corrected chi connectivity index (χ4v) is 2.91. The molecule has 0 spiro atoms. The van der Waals surface area contributed by atoms with E-state index in [2.05, 4.69) is 10.2 Å². The second-order valence-corrected chi connectivity index (χ2v) is 5.43.